The molecule has 4 amide bonds. The minimum absolute atomic E-state index is 0.242. The van der Waals surface area contributed by atoms with E-state index in [1.807, 2.05) is 0 Å². The molecule has 174 valence electrons. The molecular weight excluding hydrogens is 420 g/mol. The second kappa shape index (κ2) is 13.5. The second-order valence-corrected chi connectivity index (χ2v) is 6.59. The normalized spacial score (nSPS) is 13.2. The number of carbonyl (C=O) groups excluding carboxylic acids is 4. The van der Waals surface area contributed by atoms with Gasteiger partial charge in [-0.05, 0) is 19.3 Å². The lowest BCUT2D eigenvalue weighted by Crippen LogP contribution is -2.45. The van der Waals surface area contributed by atoms with Crippen LogP contribution >= 0.6 is 0 Å². The monoisotopic (exact) mass is 446 g/mol. The number of nitrogens with two attached hydrogens (primary N) is 1. The summed E-state index contributed by atoms with van der Waals surface area (Å²) in [5.74, 6) is -7.20. The van der Waals surface area contributed by atoms with Crippen LogP contribution in [0.1, 0.15) is 45.4 Å². The van der Waals surface area contributed by atoms with Gasteiger partial charge < -0.3 is 37.0 Å². The fourth-order valence-electron chi connectivity index (χ4n) is 2.39. The maximum absolute atomic E-state index is 11.9. The number of carboxylic acid groups (broad SMARTS) is 3. The largest absolute Gasteiger partial charge is 0.480 e. The van der Waals surface area contributed by atoms with E-state index in [9.17, 15) is 38.7 Å². The van der Waals surface area contributed by atoms with Crippen LogP contribution in [0.4, 0.5) is 0 Å². The lowest BCUT2D eigenvalue weighted by molar-refractivity contribution is -0.144. The van der Waals surface area contributed by atoms with E-state index < -0.39 is 72.5 Å². The maximum Gasteiger partial charge on any atom is 0.326 e. The van der Waals surface area contributed by atoms with Crippen molar-refractivity contribution in [2.24, 2.45) is 5.73 Å². The van der Waals surface area contributed by atoms with E-state index in [2.05, 4.69) is 16.0 Å². The first-order chi connectivity index (χ1) is 14.3. The molecule has 0 bridgehead atoms. The standard InChI is InChI=1S/C17H26N4O10/c1-8(22)19-9(15(26)27)3-6-13(24)21-11(17(30)31)4-7-14(25)20-10(16(28)29)2-5-12(18)23/h9-11H,2-7H2,1H3,(H2,18,23)(H,19,22)(H,20,25)(H,21,24)(H,26,27)(H,28,29)(H,30,31)/t9-,10-,11-/m0/s1. The number of hydrogen-bond donors (Lipinski definition) is 7. The Labute approximate surface area is 176 Å². The highest BCUT2D eigenvalue weighted by Gasteiger charge is 2.25. The Hall–Kier alpha value is -3.71. The summed E-state index contributed by atoms with van der Waals surface area (Å²) in [6, 6.07) is -4.21. The SMILES string of the molecule is CC(=O)N[C@@H](CCC(=O)N[C@@H](CCC(=O)N[C@@H](CCC(N)=O)C(=O)O)C(=O)O)C(=O)O. The third-order valence-corrected chi connectivity index (χ3v) is 3.94. The Morgan fingerprint density at radius 3 is 1.26 bits per heavy atom. The first-order valence-electron chi connectivity index (χ1n) is 9.16. The van der Waals surface area contributed by atoms with E-state index in [0.717, 1.165) is 6.92 Å². The molecule has 0 rings (SSSR count). The molecule has 0 fully saturated rings. The Bertz CT molecular complexity index is 724. The molecular formula is C17H26N4O10. The van der Waals surface area contributed by atoms with Gasteiger partial charge in [-0.25, -0.2) is 14.4 Å². The number of primary amides is 1. The zero-order valence-corrected chi connectivity index (χ0v) is 16.8. The van der Waals surface area contributed by atoms with Crippen LogP contribution in [0.3, 0.4) is 0 Å². The lowest BCUT2D eigenvalue weighted by Gasteiger charge is -2.17. The van der Waals surface area contributed by atoms with Gasteiger partial charge in [-0.2, -0.15) is 0 Å². The van der Waals surface area contributed by atoms with Gasteiger partial charge in [0.25, 0.3) is 0 Å². The van der Waals surface area contributed by atoms with Gasteiger partial charge in [0, 0.05) is 26.2 Å². The van der Waals surface area contributed by atoms with Crippen LogP contribution in [0.2, 0.25) is 0 Å². The van der Waals surface area contributed by atoms with Gasteiger partial charge in [-0.15, -0.1) is 0 Å². The van der Waals surface area contributed by atoms with Crippen molar-refractivity contribution in [3.63, 3.8) is 0 Å². The van der Waals surface area contributed by atoms with Gasteiger partial charge in [0.1, 0.15) is 18.1 Å². The van der Waals surface area contributed by atoms with Crippen LogP contribution in [-0.2, 0) is 33.6 Å². The van der Waals surface area contributed by atoms with Crippen molar-refractivity contribution in [3.05, 3.63) is 0 Å². The molecule has 0 aromatic carbocycles. The van der Waals surface area contributed by atoms with Crippen molar-refractivity contribution < 1.29 is 48.9 Å². The minimum Gasteiger partial charge on any atom is -0.480 e. The zero-order valence-electron chi connectivity index (χ0n) is 16.8. The molecule has 0 aliphatic heterocycles. The summed E-state index contributed by atoms with van der Waals surface area (Å²) < 4.78 is 0. The van der Waals surface area contributed by atoms with Gasteiger partial charge in [0.15, 0.2) is 0 Å². The van der Waals surface area contributed by atoms with E-state index >= 15 is 0 Å². The number of aliphatic carboxylic acids is 3. The fraction of sp³-hybridized carbons (Fsp3) is 0.588. The van der Waals surface area contributed by atoms with Crippen LogP contribution in [0, 0.1) is 0 Å². The molecule has 14 heteroatoms. The highest BCUT2D eigenvalue weighted by molar-refractivity contribution is 5.87. The minimum atomic E-state index is -1.49. The first kappa shape index (κ1) is 27.3. The second-order valence-electron chi connectivity index (χ2n) is 6.59. The molecule has 0 unspecified atom stereocenters. The van der Waals surface area contributed by atoms with E-state index in [0.29, 0.717) is 0 Å². The Kier molecular flexibility index (Phi) is 11.9. The van der Waals surface area contributed by atoms with E-state index in [4.69, 9.17) is 15.9 Å². The fourth-order valence-corrected chi connectivity index (χ4v) is 2.39. The van der Waals surface area contributed by atoms with Crippen molar-refractivity contribution in [1.29, 1.82) is 0 Å². The number of nitrogens with one attached hydrogen (secondary N) is 3. The molecule has 0 aromatic rings. The molecule has 0 heterocycles. The highest BCUT2D eigenvalue weighted by atomic mass is 16.4. The third kappa shape index (κ3) is 12.5. The molecule has 8 N–H and O–H groups in total. The molecule has 31 heavy (non-hydrogen) atoms. The predicted molar refractivity (Wildman–Crippen MR) is 101 cm³/mol. The van der Waals surface area contributed by atoms with E-state index in [-0.39, 0.29) is 25.7 Å². The Morgan fingerprint density at radius 2 is 0.968 bits per heavy atom. The summed E-state index contributed by atoms with van der Waals surface area (Å²) in [6.07, 6.45) is -2.02. The van der Waals surface area contributed by atoms with E-state index in [1.165, 1.54) is 0 Å². The zero-order chi connectivity index (χ0) is 24.1. The van der Waals surface area contributed by atoms with Crippen LogP contribution in [-0.4, -0.2) is 75.0 Å². The molecule has 0 aliphatic rings. The van der Waals surface area contributed by atoms with Gasteiger partial charge in [0.05, 0.1) is 0 Å². The molecule has 0 saturated heterocycles. The molecule has 14 nitrogen and oxygen atoms in total. The molecule has 0 aliphatic carbocycles. The van der Waals surface area contributed by atoms with Crippen molar-refractivity contribution in [3.8, 4) is 0 Å². The summed E-state index contributed by atoms with van der Waals surface area (Å²) in [6.45, 7) is 1.10. The number of rotatable bonds is 15. The maximum atomic E-state index is 11.9. The number of hydrogen-bond acceptors (Lipinski definition) is 7. The van der Waals surface area contributed by atoms with Gasteiger partial charge in [-0.1, -0.05) is 0 Å². The van der Waals surface area contributed by atoms with Crippen LogP contribution in [0.25, 0.3) is 0 Å². The molecule has 0 aromatic heterocycles. The van der Waals surface area contributed by atoms with Gasteiger partial charge >= 0.3 is 17.9 Å². The van der Waals surface area contributed by atoms with Gasteiger partial charge in [-0.3, -0.25) is 19.2 Å². The Morgan fingerprint density at radius 1 is 0.645 bits per heavy atom. The summed E-state index contributed by atoms with van der Waals surface area (Å²) in [5.41, 5.74) is 4.93. The average molecular weight is 446 g/mol. The number of carbonyl (C=O) groups is 7. The highest BCUT2D eigenvalue weighted by Crippen LogP contribution is 2.04. The van der Waals surface area contributed by atoms with Crippen LogP contribution < -0.4 is 21.7 Å². The van der Waals surface area contributed by atoms with Gasteiger partial charge in [0.2, 0.25) is 23.6 Å². The molecule has 3 atom stereocenters. The van der Waals surface area contributed by atoms with Crippen molar-refractivity contribution in [1.82, 2.24) is 16.0 Å². The van der Waals surface area contributed by atoms with Crippen LogP contribution in [0.5, 0.6) is 0 Å². The number of amides is 4. The van der Waals surface area contributed by atoms with Crippen molar-refractivity contribution >= 4 is 41.5 Å². The van der Waals surface area contributed by atoms with E-state index in [1.54, 1.807) is 0 Å². The smallest absolute Gasteiger partial charge is 0.326 e. The first-order valence-corrected chi connectivity index (χ1v) is 9.16. The van der Waals surface area contributed by atoms with Crippen LogP contribution in [0.15, 0.2) is 0 Å². The molecule has 0 radical (unpaired) electrons. The topological polar surface area (TPSA) is 242 Å². The number of carboxylic acids is 3. The molecule has 0 spiro atoms. The predicted octanol–water partition coefficient (Wildman–Crippen LogP) is -2.46. The average Bonchev–Trinajstić information content (AvgIpc) is 2.64. The summed E-state index contributed by atoms with van der Waals surface area (Å²) in [4.78, 5) is 79.0. The summed E-state index contributed by atoms with van der Waals surface area (Å²) >= 11 is 0. The summed E-state index contributed by atoms with van der Waals surface area (Å²) in [7, 11) is 0. The van der Waals surface area contributed by atoms with Crippen molar-refractivity contribution in [2.75, 3.05) is 0 Å². The quantitative estimate of drug-likeness (QED) is 0.140. The van der Waals surface area contributed by atoms with Crippen molar-refractivity contribution in [2.45, 2.75) is 63.6 Å². The summed E-state index contributed by atoms with van der Waals surface area (Å²) in [5, 5.41) is 33.6. The third-order valence-electron chi connectivity index (χ3n) is 3.94. The Balaban J connectivity index is 4.69. The lowest BCUT2D eigenvalue weighted by atomic mass is 10.1. The molecule has 0 saturated carbocycles.